The van der Waals surface area contributed by atoms with Crippen molar-refractivity contribution in [3.05, 3.63) is 41.7 Å². The van der Waals surface area contributed by atoms with E-state index in [2.05, 4.69) is 5.32 Å². The van der Waals surface area contributed by atoms with E-state index in [9.17, 15) is 8.78 Å². The quantitative estimate of drug-likeness (QED) is 0.837. The summed E-state index contributed by atoms with van der Waals surface area (Å²) in [5, 5.41) is 3.83. The van der Waals surface area contributed by atoms with Gasteiger partial charge in [-0.3, -0.25) is 0 Å². The Morgan fingerprint density at radius 2 is 2.22 bits per heavy atom. The summed E-state index contributed by atoms with van der Waals surface area (Å²) in [5.41, 5.74) is 1.50. The van der Waals surface area contributed by atoms with Crippen LogP contribution in [0.3, 0.4) is 0 Å². The smallest absolute Gasteiger partial charge is 0.170 e. The molecule has 2 nitrogen and oxygen atoms in total. The van der Waals surface area contributed by atoms with E-state index in [4.69, 9.17) is 4.42 Å². The minimum Gasteiger partial charge on any atom is -0.464 e. The maximum atomic E-state index is 14.0. The topological polar surface area (TPSA) is 25.2 Å². The van der Waals surface area contributed by atoms with E-state index in [0.29, 0.717) is 17.4 Å². The Bertz CT molecular complexity index is 630. The molecule has 0 aliphatic carbocycles. The normalized spacial score (nSPS) is 20.2. The molecule has 0 bridgehead atoms. The van der Waals surface area contributed by atoms with Crippen LogP contribution < -0.4 is 5.32 Å². The van der Waals surface area contributed by atoms with Crippen molar-refractivity contribution in [3.63, 3.8) is 0 Å². The van der Waals surface area contributed by atoms with Crippen LogP contribution in [0.25, 0.3) is 16.5 Å². The molecule has 0 spiro atoms. The number of hydrogen-bond acceptors (Lipinski definition) is 2. The minimum absolute atomic E-state index is 0.154. The van der Waals surface area contributed by atoms with Crippen LogP contribution in [-0.2, 0) is 0 Å². The van der Waals surface area contributed by atoms with Crippen LogP contribution in [0, 0.1) is 11.6 Å². The van der Waals surface area contributed by atoms with Crippen molar-refractivity contribution in [3.8, 4) is 0 Å². The van der Waals surface area contributed by atoms with Gasteiger partial charge in [0, 0.05) is 11.4 Å². The molecule has 0 saturated heterocycles. The molecule has 0 radical (unpaired) electrons. The average Bonchev–Trinajstić information content (AvgIpc) is 2.78. The molecule has 1 aliphatic rings. The molecular formula is C14H13F2NO. The van der Waals surface area contributed by atoms with E-state index in [1.165, 1.54) is 12.3 Å². The van der Waals surface area contributed by atoms with Crippen molar-refractivity contribution in [2.75, 3.05) is 6.54 Å². The van der Waals surface area contributed by atoms with E-state index in [0.717, 1.165) is 12.1 Å². The van der Waals surface area contributed by atoms with Crippen LogP contribution in [-0.4, -0.2) is 12.6 Å². The second-order valence-corrected chi connectivity index (χ2v) is 4.57. The van der Waals surface area contributed by atoms with Crippen LogP contribution in [0.2, 0.25) is 0 Å². The fourth-order valence-electron chi connectivity index (χ4n) is 2.43. The van der Waals surface area contributed by atoms with Gasteiger partial charge in [-0.05, 0) is 37.6 Å². The maximum Gasteiger partial charge on any atom is 0.170 e. The van der Waals surface area contributed by atoms with Gasteiger partial charge in [0.1, 0.15) is 5.58 Å². The van der Waals surface area contributed by atoms with Crippen molar-refractivity contribution in [1.29, 1.82) is 0 Å². The van der Waals surface area contributed by atoms with Gasteiger partial charge in [0.2, 0.25) is 0 Å². The second kappa shape index (κ2) is 4.21. The van der Waals surface area contributed by atoms with Crippen LogP contribution in [0.1, 0.15) is 18.9 Å². The van der Waals surface area contributed by atoms with Crippen LogP contribution in [0.5, 0.6) is 0 Å². The van der Waals surface area contributed by atoms with Gasteiger partial charge in [-0.1, -0.05) is 6.08 Å². The summed E-state index contributed by atoms with van der Waals surface area (Å²) in [5.74, 6) is -1.65. The number of rotatable bonds is 1. The lowest BCUT2D eigenvalue weighted by molar-refractivity contribution is 0.503. The summed E-state index contributed by atoms with van der Waals surface area (Å²) in [6, 6.07) is 2.97. The minimum atomic E-state index is -0.828. The Labute approximate surface area is 103 Å². The molecule has 0 fully saturated rings. The van der Waals surface area contributed by atoms with Gasteiger partial charge in [-0.15, -0.1) is 0 Å². The first-order valence-corrected chi connectivity index (χ1v) is 5.96. The van der Waals surface area contributed by atoms with Crippen LogP contribution in [0.4, 0.5) is 8.78 Å². The Balaban J connectivity index is 2.27. The lowest BCUT2D eigenvalue weighted by Gasteiger charge is -2.20. The van der Waals surface area contributed by atoms with Crippen molar-refractivity contribution in [2.45, 2.75) is 19.4 Å². The molecule has 1 atom stereocenters. The van der Waals surface area contributed by atoms with E-state index in [1.54, 1.807) is 6.07 Å². The SMILES string of the molecule is CC1C=C(c2c(F)c(F)cc3ccoc23)CCN1. The molecule has 18 heavy (non-hydrogen) atoms. The van der Waals surface area contributed by atoms with Gasteiger partial charge in [0.25, 0.3) is 0 Å². The summed E-state index contributed by atoms with van der Waals surface area (Å²) < 4.78 is 32.9. The molecular weight excluding hydrogens is 236 g/mol. The highest BCUT2D eigenvalue weighted by molar-refractivity contribution is 5.90. The summed E-state index contributed by atoms with van der Waals surface area (Å²) in [4.78, 5) is 0. The molecule has 1 aromatic carbocycles. The van der Waals surface area contributed by atoms with Gasteiger partial charge in [0.15, 0.2) is 11.6 Å². The van der Waals surface area contributed by atoms with Gasteiger partial charge in [-0.2, -0.15) is 0 Å². The molecule has 1 N–H and O–H groups in total. The standard InChI is InChI=1S/C14H13F2NO/c1-8-6-9(2-4-17-8)12-13(16)11(15)7-10-3-5-18-14(10)12/h3,5-8,17H,2,4H2,1H3. The monoisotopic (exact) mass is 249 g/mol. The van der Waals surface area contributed by atoms with E-state index >= 15 is 0 Å². The maximum absolute atomic E-state index is 14.0. The molecule has 2 heterocycles. The molecule has 1 aromatic heterocycles. The fraction of sp³-hybridized carbons (Fsp3) is 0.286. The van der Waals surface area contributed by atoms with Crippen molar-refractivity contribution < 1.29 is 13.2 Å². The summed E-state index contributed by atoms with van der Waals surface area (Å²) in [6.07, 6.45) is 4.04. The highest BCUT2D eigenvalue weighted by Crippen LogP contribution is 2.33. The van der Waals surface area contributed by atoms with Crippen molar-refractivity contribution >= 4 is 16.5 Å². The highest BCUT2D eigenvalue weighted by Gasteiger charge is 2.21. The van der Waals surface area contributed by atoms with Gasteiger partial charge < -0.3 is 9.73 Å². The molecule has 4 heteroatoms. The number of halogens is 2. The number of benzene rings is 1. The number of nitrogens with one attached hydrogen (secondary N) is 1. The first-order chi connectivity index (χ1) is 8.66. The highest BCUT2D eigenvalue weighted by atomic mass is 19.2. The number of fused-ring (bicyclic) bond motifs is 1. The number of hydrogen-bond donors (Lipinski definition) is 1. The zero-order chi connectivity index (χ0) is 12.7. The Morgan fingerprint density at radius 3 is 3.00 bits per heavy atom. The Hall–Kier alpha value is -1.68. The average molecular weight is 249 g/mol. The van der Waals surface area contributed by atoms with Gasteiger partial charge in [0.05, 0.1) is 11.8 Å². The van der Waals surface area contributed by atoms with E-state index < -0.39 is 11.6 Å². The second-order valence-electron chi connectivity index (χ2n) is 4.57. The molecule has 1 aliphatic heterocycles. The molecule has 2 aromatic rings. The Morgan fingerprint density at radius 1 is 1.39 bits per heavy atom. The van der Waals surface area contributed by atoms with Crippen LogP contribution >= 0.6 is 0 Å². The van der Waals surface area contributed by atoms with Gasteiger partial charge >= 0.3 is 0 Å². The lowest BCUT2D eigenvalue weighted by atomic mass is 9.95. The fourth-order valence-corrected chi connectivity index (χ4v) is 2.43. The summed E-state index contributed by atoms with van der Waals surface area (Å²) in [7, 11) is 0. The van der Waals surface area contributed by atoms with E-state index in [1.807, 2.05) is 13.0 Å². The predicted molar refractivity (Wildman–Crippen MR) is 66.2 cm³/mol. The first kappa shape index (κ1) is 11.4. The van der Waals surface area contributed by atoms with Crippen molar-refractivity contribution in [1.82, 2.24) is 5.32 Å². The third kappa shape index (κ3) is 1.73. The summed E-state index contributed by atoms with van der Waals surface area (Å²) >= 11 is 0. The molecule has 0 saturated carbocycles. The predicted octanol–water partition coefficient (Wildman–Crippen LogP) is 3.48. The largest absolute Gasteiger partial charge is 0.464 e. The molecule has 3 rings (SSSR count). The third-order valence-corrected chi connectivity index (χ3v) is 3.27. The third-order valence-electron chi connectivity index (χ3n) is 3.27. The zero-order valence-corrected chi connectivity index (χ0v) is 9.97. The van der Waals surface area contributed by atoms with Crippen LogP contribution in [0.15, 0.2) is 28.9 Å². The van der Waals surface area contributed by atoms with Crippen molar-refractivity contribution in [2.24, 2.45) is 0 Å². The Kier molecular flexibility index (Phi) is 2.67. The zero-order valence-electron chi connectivity index (χ0n) is 9.97. The molecule has 94 valence electrons. The number of furan rings is 1. The molecule has 1 unspecified atom stereocenters. The summed E-state index contributed by atoms with van der Waals surface area (Å²) in [6.45, 7) is 2.74. The lowest BCUT2D eigenvalue weighted by Crippen LogP contribution is -2.29. The first-order valence-electron chi connectivity index (χ1n) is 5.96. The molecule has 0 amide bonds. The van der Waals surface area contributed by atoms with E-state index in [-0.39, 0.29) is 11.6 Å². The van der Waals surface area contributed by atoms with Gasteiger partial charge in [-0.25, -0.2) is 8.78 Å².